The normalized spacial score (nSPS) is 11.6. The van der Waals surface area contributed by atoms with Crippen molar-refractivity contribution >= 4 is 11.5 Å². The molecule has 0 radical (unpaired) electrons. The molecule has 1 aromatic heterocycles. The topological polar surface area (TPSA) is 62.4 Å². The number of aliphatic hydroxyl groups is 1. The van der Waals surface area contributed by atoms with Crippen LogP contribution in [0.3, 0.4) is 0 Å². The van der Waals surface area contributed by atoms with E-state index < -0.39 is 5.60 Å². The SMILES string of the molecule is CCN(CC(C)(C)O)c1nccc(C)c1N. The lowest BCUT2D eigenvalue weighted by Crippen LogP contribution is -2.39. The van der Waals surface area contributed by atoms with Crippen LogP contribution in [0.5, 0.6) is 0 Å². The van der Waals surface area contributed by atoms with Gasteiger partial charge in [-0.3, -0.25) is 0 Å². The van der Waals surface area contributed by atoms with E-state index in [1.165, 1.54) is 0 Å². The molecule has 0 unspecified atom stereocenters. The van der Waals surface area contributed by atoms with Crippen LogP contribution >= 0.6 is 0 Å². The summed E-state index contributed by atoms with van der Waals surface area (Å²) in [6, 6.07) is 1.89. The van der Waals surface area contributed by atoms with E-state index in [4.69, 9.17) is 5.73 Å². The first-order chi connectivity index (χ1) is 7.35. The summed E-state index contributed by atoms with van der Waals surface area (Å²) in [6.07, 6.45) is 1.74. The lowest BCUT2D eigenvalue weighted by atomic mass is 10.1. The maximum absolute atomic E-state index is 9.83. The molecule has 0 aliphatic heterocycles. The number of pyridine rings is 1. The van der Waals surface area contributed by atoms with Crippen LogP contribution in [-0.4, -0.2) is 28.8 Å². The number of hydrogen-bond acceptors (Lipinski definition) is 4. The van der Waals surface area contributed by atoms with Crippen LogP contribution in [0.25, 0.3) is 0 Å². The van der Waals surface area contributed by atoms with Crippen LogP contribution in [0.1, 0.15) is 26.3 Å². The Labute approximate surface area is 97.1 Å². The van der Waals surface area contributed by atoms with Crippen molar-refractivity contribution in [3.63, 3.8) is 0 Å². The zero-order chi connectivity index (χ0) is 12.3. The predicted octanol–water partition coefficient (Wildman–Crippen LogP) is 1.57. The molecule has 1 heterocycles. The highest BCUT2D eigenvalue weighted by molar-refractivity contribution is 5.66. The molecule has 0 bridgehead atoms. The first-order valence-corrected chi connectivity index (χ1v) is 5.53. The number of aromatic nitrogens is 1. The molecule has 0 atom stereocenters. The van der Waals surface area contributed by atoms with Gasteiger partial charge in [-0.15, -0.1) is 0 Å². The molecule has 1 rings (SSSR count). The van der Waals surface area contributed by atoms with E-state index in [1.54, 1.807) is 20.0 Å². The molecule has 4 heteroatoms. The molecule has 0 spiro atoms. The van der Waals surface area contributed by atoms with Crippen molar-refractivity contribution in [3.05, 3.63) is 17.8 Å². The molecule has 0 amide bonds. The Morgan fingerprint density at radius 1 is 1.50 bits per heavy atom. The van der Waals surface area contributed by atoms with Gasteiger partial charge in [0.25, 0.3) is 0 Å². The third-order valence-corrected chi connectivity index (χ3v) is 2.45. The molecule has 0 aliphatic carbocycles. The maximum Gasteiger partial charge on any atom is 0.152 e. The minimum atomic E-state index is -0.756. The number of nitrogens with zero attached hydrogens (tertiary/aromatic N) is 2. The molecule has 90 valence electrons. The van der Waals surface area contributed by atoms with Crippen LogP contribution in [-0.2, 0) is 0 Å². The Morgan fingerprint density at radius 3 is 2.62 bits per heavy atom. The predicted molar refractivity (Wildman–Crippen MR) is 67.6 cm³/mol. The van der Waals surface area contributed by atoms with E-state index in [9.17, 15) is 5.11 Å². The number of aryl methyl sites for hydroxylation is 1. The molecule has 16 heavy (non-hydrogen) atoms. The average molecular weight is 223 g/mol. The van der Waals surface area contributed by atoms with Crippen molar-refractivity contribution in [3.8, 4) is 0 Å². The summed E-state index contributed by atoms with van der Waals surface area (Å²) in [5, 5.41) is 9.83. The highest BCUT2D eigenvalue weighted by Gasteiger charge is 2.20. The Kier molecular flexibility index (Phi) is 3.75. The van der Waals surface area contributed by atoms with Gasteiger partial charge in [0, 0.05) is 19.3 Å². The van der Waals surface area contributed by atoms with Gasteiger partial charge >= 0.3 is 0 Å². The first-order valence-electron chi connectivity index (χ1n) is 5.53. The number of likely N-dealkylation sites (N-methyl/N-ethyl adjacent to an activating group) is 1. The number of nitrogens with two attached hydrogens (primary N) is 1. The van der Waals surface area contributed by atoms with Crippen LogP contribution in [0.15, 0.2) is 12.3 Å². The van der Waals surface area contributed by atoms with Crippen molar-refractivity contribution in [2.24, 2.45) is 0 Å². The summed E-state index contributed by atoms with van der Waals surface area (Å²) in [4.78, 5) is 6.27. The highest BCUT2D eigenvalue weighted by Crippen LogP contribution is 2.24. The quantitative estimate of drug-likeness (QED) is 0.813. The van der Waals surface area contributed by atoms with Gasteiger partial charge in [0.2, 0.25) is 0 Å². The second-order valence-electron chi connectivity index (χ2n) is 4.69. The fourth-order valence-electron chi connectivity index (χ4n) is 1.61. The smallest absolute Gasteiger partial charge is 0.152 e. The monoisotopic (exact) mass is 223 g/mol. The van der Waals surface area contributed by atoms with E-state index in [0.29, 0.717) is 12.2 Å². The Balaban J connectivity index is 3.00. The summed E-state index contributed by atoms with van der Waals surface area (Å²) in [5.41, 5.74) is 6.94. The first kappa shape index (κ1) is 12.8. The standard InChI is InChI=1S/C12H21N3O/c1-5-15(8-12(3,4)16)11-10(13)9(2)6-7-14-11/h6-7,16H,5,8,13H2,1-4H3. The molecule has 0 saturated carbocycles. The highest BCUT2D eigenvalue weighted by atomic mass is 16.3. The van der Waals surface area contributed by atoms with Gasteiger partial charge in [-0.05, 0) is 39.3 Å². The number of hydrogen-bond donors (Lipinski definition) is 2. The van der Waals surface area contributed by atoms with E-state index >= 15 is 0 Å². The van der Waals surface area contributed by atoms with Crippen LogP contribution in [0.4, 0.5) is 11.5 Å². The summed E-state index contributed by atoms with van der Waals surface area (Å²) >= 11 is 0. The molecule has 1 aromatic rings. The van der Waals surface area contributed by atoms with Gasteiger partial charge in [0.15, 0.2) is 5.82 Å². The second-order valence-corrected chi connectivity index (χ2v) is 4.69. The van der Waals surface area contributed by atoms with Crippen molar-refractivity contribution in [1.29, 1.82) is 0 Å². The van der Waals surface area contributed by atoms with E-state index in [-0.39, 0.29) is 0 Å². The summed E-state index contributed by atoms with van der Waals surface area (Å²) < 4.78 is 0. The molecular weight excluding hydrogens is 202 g/mol. The van der Waals surface area contributed by atoms with Crippen LogP contribution in [0.2, 0.25) is 0 Å². The van der Waals surface area contributed by atoms with E-state index in [2.05, 4.69) is 4.98 Å². The van der Waals surface area contributed by atoms with Gasteiger partial charge in [-0.2, -0.15) is 0 Å². The molecule has 0 aliphatic rings. The molecular formula is C12H21N3O. The van der Waals surface area contributed by atoms with Crippen molar-refractivity contribution < 1.29 is 5.11 Å². The summed E-state index contributed by atoms with van der Waals surface area (Å²) in [5.74, 6) is 0.754. The zero-order valence-corrected chi connectivity index (χ0v) is 10.5. The molecule has 3 N–H and O–H groups in total. The third kappa shape index (κ3) is 3.10. The zero-order valence-electron chi connectivity index (χ0n) is 10.5. The van der Waals surface area contributed by atoms with Gasteiger partial charge in [0.05, 0.1) is 11.3 Å². The van der Waals surface area contributed by atoms with Crippen LogP contribution in [0, 0.1) is 6.92 Å². The van der Waals surface area contributed by atoms with Crippen LogP contribution < -0.4 is 10.6 Å². The number of nitrogen functional groups attached to an aromatic ring is 1. The summed E-state index contributed by atoms with van der Waals surface area (Å²) in [6.45, 7) is 8.83. The minimum absolute atomic E-state index is 0.518. The minimum Gasteiger partial charge on any atom is -0.396 e. The van der Waals surface area contributed by atoms with Gasteiger partial charge < -0.3 is 15.7 Å². The molecule has 0 aromatic carbocycles. The maximum atomic E-state index is 9.83. The Hall–Kier alpha value is -1.29. The molecule has 4 nitrogen and oxygen atoms in total. The Morgan fingerprint density at radius 2 is 2.12 bits per heavy atom. The van der Waals surface area contributed by atoms with Gasteiger partial charge in [0.1, 0.15) is 0 Å². The Bertz CT molecular complexity index is 358. The van der Waals surface area contributed by atoms with Crippen molar-refractivity contribution in [2.45, 2.75) is 33.3 Å². The largest absolute Gasteiger partial charge is 0.396 e. The van der Waals surface area contributed by atoms with E-state index in [1.807, 2.05) is 24.8 Å². The fraction of sp³-hybridized carbons (Fsp3) is 0.583. The van der Waals surface area contributed by atoms with Gasteiger partial charge in [-0.25, -0.2) is 4.98 Å². The lowest BCUT2D eigenvalue weighted by Gasteiger charge is -2.30. The third-order valence-electron chi connectivity index (χ3n) is 2.45. The summed E-state index contributed by atoms with van der Waals surface area (Å²) in [7, 11) is 0. The van der Waals surface area contributed by atoms with E-state index in [0.717, 1.165) is 17.9 Å². The van der Waals surface area contributed by atoms with Crippen molar-refractivity contribution in [2.75, 3.05) is 23.7 Å². The molecule has 0 saturated heterocycles. The van der Waals surface area contributed by atoms with Crippen molar-refractivity contribution in [1.82, 2.24) is 4.98 Å². The number of rotatable bonds is 4. The lowest BCUT2D eigenvalue weighted by molar-refractivity contribution is 0.0874. The number of anilines is 2. The second kappa shape index (κ2) is 4.70. The fourth-order valence-corrected chi connectivity index (χ4v) is 1.61. The van der Waals surface area contributed by atoms with Gasteiger partial charge in [-0.1, -0.05) is 0 Å². The average Bonchev–Trinajstić information content (AvgIpc) is 2.18. The molecule has 0 fully saturated rings.